The first-order valence-corrected chi connectivity index (χ1v) is 10.8. The van der Waals surface area contributed by atoms with Crippen molar-refractivity contribution in [3.05, 3.63) is 28.8 Å². The van der Waals surface area contributed by atoms with Crippen molar-refractivity contribution in [1.82, 2.24) is 4.90 Å². The number of aryl methyl sites for hydroxylation is 1. The number of rotatable bonds is 1. The lowest BCUT2D eigenvalue weighted by Gasteiger charge is -2.44. The summed E-state index contributed by atoms with van der Waals surface area (Å²) < 4.78 is 0. The van der Waals surface area contributed by atoms with E-state index in [9.17, 15) is 0 Å². The Balaban J connectivity index is 1.61. The normalized spacial score (nSPS) is 35.2. The molecule has 3 fully saturated rings. The van der Waals surface area contributed by atoms with Crippen molar-refractivity contribution in [3.63, 3.8) is 0 Å². The van der Waals surface area contributed by atoms with E-state index in [-0.39, 0.29) is 0 Å². The Morgan fingerprint density at radius 2 is 1.68 bits per heavy atom. The number of likely N-dealkylation sites (N-methyl/N-ethyl adjacent to an activating group) is 1. The molecule has 2 saturated heterocycles. The van der Waals surface area contributed by atoms with E-state index < -0.39 is 0 Å². The molecule has 0 amide bonds. The Kier molecular flexibility index (Phi) is 4.08. The molecule has 2 nitrogen and oxygen atoms in total. The van der Waals surface area contributed by atoms with E-state index in [1.807, 2.05) is 0 Å². The van der Waals surface area contributed by atoms with Crippen molar-refractivity contribution in [1.29, 1.82) is 0 Å². The summed E-state index contributed by atoms with van der Waals surface area (Å²) in [5.74, 6) is 2.73. The molecule has 0 radical (unpaired) electrons. The van der Waals surface area contributed by atoms with Crippen LogP contribution in [0, 0.1) is 18.8 Å². The molecule has 5 rings (SSSR count). The van der Waals surface area contributed by atoms with Gasteiger partial charge in [-0.05, 0) is 99.6 Å². The quantitative estimate of drug-likeness (QED) is 0.729. The van der Waals surface area contributed by atoms with E-state index in [4.69, 9.17) is 0 Å². The van der Waals surface area contributed by atoms with Gasteiger partial charge in [0.2, 0.25) is 0 Å². The van der Waals surface area contributed by atoms with Gasteiger partial charge in [-0.3, -0.25) is 0 Å². The zero-order valence-electron chi connectivity index (χ0n) is 16.1. The van der Waals surface area contributed by atoms with Gasteiger partial charge in [0.15, 0.2) is 0 Å². The fourth-order valence-electron chi connectivity index (χ4n) is 6.71. The van der Waals surface area contributed by atoms with Gasteiger partial charge in [-0.15, -0.1) is 0 Å². The Morgan fingerprint density at radius 3 is 2.52 bits per heavy atom. The summed E-state index contributed by atoms with van der Waals surface area (Å²) in [5, 5.41) is 0. The van der Waals surface area contributed by atoms with Crippen molar-refractivity contribution >= 4 is 5.69 Å². The molecule has 0 aromatic heterocycles. The van der Waals surface area contributed by atoms with E-state index in [0.717, 1.165) is 23.8 Å². The predicted molar refractivity (Wildman–Crippen MR) is 106 cm³/mol. The number of benzene rings is 1. The van der Waals surface area contributed by atoms with Gasteiger partial charge in [-0.25, -0.2) is 0 Å². The molecule has 136 valence electrons. The molecule has 25 heavy (non-hydrogen) atoms. The second kappa shape index (κ2) is 6.30. The van der Waals surface area contributed by atoms with Crippen LogP contribution in [-0.2, 0) is 6.42 Å². The van der Waals surface area contributed by atoms with Crippen LogP contribution in [0.5, 0.6) is 0 Å². The maximum Gasteiger partial charge on any atom is 0.0398 e. The number of fused-ring (bicyclic) bond motifs is 2. The molecule has 1 aromatic rings. The minimum absolute atomic E-state index is 0.787. The van der Waals surface area contributed by atoms with Gasteiger partial charge >= 0.3 is 0 Å². The lowest BCUT2D eigenvalue weighted by molar-refractivity contribution is 0.0613. The van der Waals surface area contributed by atoms with Gasteiger partial charge < -0.3 is 9.80 Å². The third-order valence-electron chi connectivity index (χ3n) is 7.98. The topological polar surface area (TPSA) is 6.48 Å². The largest absolute Gasteiger partial charge is 0.371 e. The highest BCUT2D eigenvalue weighted by Gasteiger charge is 2.44. The van der Waals surface area contributed by atoms with Crippen molar-refractivity contribution in [2.45, 2.75) is 70.3 Å². The minimum Gasteiger partial charge on any atom is -0.371 e. The van der Waals surface area contributed by atoms with Crippen LogP contribution in [0.4, 0.5) is 5.69 Å². The zero-order chi connectivity index (χ0) is 17.0. The third kappa shape index (κ3) is 2.63. The van der Waals surface area contributed by atoms with Crippen LogP contribution in [0.15, 0.2) is 12.1 Å². The van der Waals surface area contributed by atoms with Gasteiger partial charge in [0, 0.05) is 24.8 Å². The summed E-state index contributed by atoms with van der Waals surface area (Å²) in [4.78, 5) is 5.35. The Morgan fingerprint density at radius 1 is 0.880 bits per heavy atom. The van der Waals surface area contributed by atoms with E-state index >= 15 is 0 Å². The molecule has 4 bridgehead atoms. The number of nitrogens with zero attached hydrogens (tertiary/aromatic N) is 2. The first-order chi connectivity index (χ1) is 12.2. The number of anilines is 1. The first-order valence-electron chi connectivity index (χ1n) is 10.8. The molecule has 2 aliphatic heterocycles. The highest BCUT2D eigenvalue weighted by atomic mass is 15.2. The molecule has 1 saturated carbocycles. The molecule has 2 aliphatic carbocycles. The summed E-state index contributed by atoms with van der Waals surface area (Å²) in [6, 6.07) is 6.03. The molecule has 2 heterocycles. The molecule has 2 unspecified atom stereocenters. The van der Waals surface area contributed by atoms with Gasteiger partial charge in [0.25, 0.3) is 0 Å². The van der Waals surface area contributed by atoms with Crippen molar-refractivity contribution in [3.8, 4) is 0 Å². The fraction of sp³-hybridized carbons (Fsp3) is 0.739. The average Bonchev–Trinajstić information content (AvgIpc) is 3.03. The van der Waals surface area contributed by atoms with E-state index in [1.165, 1.54) is 76.6 Å². The molecule has 0 N–H and O–H groups in total. The number of likely N-dealkylation sites (tertiary alicyclic amines) is 1. The second-order valence-corrected chi connectivity index (χ2v) is 9.29. The number of hydrogen-bond acceptors (Lipinski definition) is 2. The number of hydrogen-bond donors (Lipinski definition) is 0. The van der Waals surface area contributed by atoms with Gasteiger partial charge in [0.05, 0.1) is 0 Å². The molecule has 4 atom stereocenters. The Bertz CT molecular complexity index is 646. The minimum atomic E-state index is 0.787. The van der Waals surface area contributed by atoms with Crippen LogP contribution in [0.3, 0.4) is 0 Å². The SMILES string of the molecule is Cc1cc2c(cc1N1CCCC1)C[C@H]1[C@H]3CCCCC2C3CCN1C. The standard InChI is InChI=1S/C23H34N2/c1-16-13-21-17(14-22(16)25-10-5-6-11-25)15-23-20-8-4-3-7-18(21)19(20)9-12-24(23)2/h13-14,18-20,23H,3-12,15H2,1-2H3/t18?,19?,20-,23-/m0/s1. The predicted octanol–water partition coefficient (Wildman–Crippen LogP) is 4.75. The van der Waals surface area contributed by atoms with Crippen LogP contribution in [-0.4, -0.2) is 37.6 Å². The maximum atomic E-state index is 2.70. The van der Waals surface area contributed by atoms with E-state index in [2.05, 4.69) is 35.9 Å². The van der Waals surface area contributed by atoms with Crippen molar-refractivity contribution < 1.29 is 0 Å². The highest BCUT2D eigenvalue weighted by molar-refractivity contribution is 5.59. The van der Waals surface area contributed by atoms with Gasteiger partial charge in [0.1, 0.15) is 0 Å². The summed E-state index contributed by atoms with van der Waals surface area (Å²) >= 11 is 0. The van der Waals surface area contributed by atoms with Crippen LogP contribution in [0.25, 0.3) is 0 Å². The highest BCUT2D eigenvalue weighted by Crippen LogP contribution is 2.51. The maximum absolute atomic E-state index is 2.70. The lowest BCUT2D eigenvalue weighted by atomic mass is 9.72. The molecule has 1 aromatic carbocycles. The summed E-state index contributed by atoms with van der Waals surface area (Å²) in [7, 11) is 2.39. The molecule has 4 aliphatic rings. The summed E-state index contributed by atoms with van der Waals surface area (Å²) in [6.07, 6.45) is 11.3. The first kappa shape index (κ1) is 16.2. The van der Waals surface area contributed by atoms with Crippen molar-refractivity contribution in [2.75, 3.05) is 31.6 Å². The zero-order valence-corrected chi connectivity index (χ0v) is 16.1. The second-order valence-electron chi connectivity index (χ2n) is 9.29. The Hall–Kier alpha value is -1.02. The van der Waals surface area contributed by atoms with Gasteiger partial charge in [-0.1, -0.05) is 18.9 Å². The smallest absolute Gasteiger partial charge is 0.0398 e. The molecular weight excluding hydrogens is 304 g/mol. The van der Waals surface area contributed by atoms with Crippen LogP contribution >= 0.6 is 0 Å². The molecule has 2 heteroatoms. The third-order valence-corrected chi connectivity index (χ3v) is 7.98. The van der Waals surface area contributed by atoms with Crippen LogP contribution < -0.4 is 4.90 Å². The lowest BCUT2D eigenvalue weighted by Crippen LogP contribution is -2.47. The van der Waals surface area contributed by atoms with Crippen molar-refractivity contribution in [2.24, 2.45) is 11.8 Å². The molecule has 0 spiro atoms. The monoisotopic (exact) mass is 338 g/mol. The van der Waals surface area contributed by atoms with E-state index in [0.29, 0.717) is 0 Å². The number of piperidine rings is 1. The van der Waals surface area contributed by atoms with Gasteiger partial charge in [-0.2, -0.15) is 0 Å². The van der Waals surface area contributed by atoms with E-state index in [1.54, 1.807) is 16.8 Å². The summed E-state index contributed by atoms with van der Waals surface area (Å²) in [5.41, 5.74) is 6.52. The van der Waals surface area contributed by atoms with Crippen LogP contribution in [0.2, 0.25) is 0 Å². The summed E-state index contributed by atoms with van der Waals surface area (Å²) in [6.45, 7) is 6.20. The Labute approximate surface area is 153 Å². The molecular formula is C23H34N2. The average molecular weight is 339 g/mol. The van der Waals surface area contributed by atoms with Crippen LogP contribution in [0.1, 0.15) is 67.6 Å². The fourth-order valence-corrected chi connectivity index (χ4v) is 6.71.